The predicted octanol–water partition coefficient (Wildman–Crippen LogP) is 3.61. The molecule has 22 heavy (non-hydrogen) atoms. The molecule has 4 nitrogen and oxygen atoms in total. The Morgan fingerprint density at radius 3 is 2.23 bits per heavy atom. The summed E-state index contributed by atoms with van der Waals surface area (Å²) < 4.78 is 5.41. The van der Waals surface area contributed by atoms with Gasteiger partial charge in [-0.1, -0.05) is 24.6 Å². The summed E-state index contributed by atoms with van der Waals surface area (Å²) in [5.74, 6) is 0.424. The van der Waals surface area contributed by atoms with Crippen LogP contribution in [0.25, 0.3) is 0 Å². The van der Waals surface area contributed by atoms with Gasteiger partial charge in [-0.05, 0) is 43.3 Å². The quantitative estimate of drug-likeness (QED) is 0.829. The highest BCUT2D eigenvalue weighted by Crippen LogP contribution is 2.14. The summed E-state index contributed by atoms with van der Waals surface area (Å²) in [4.78, 5) is 23.3. The third-order valence-electron chi connectivity index (χ3n) is 3.20. The van der Waals surface area contributed by atoms with Gasteiger partial charge in [0.1, 0.15) is 5.75 Å². The molecule has 1 amide bonds. The summed E-state index contributed by atoms with van der Waals surface area (Å²) in [6.45, 7) is 3.73. The molecule has 0 fully saturated rings. The van der Waals surface area contributed by atoms with Crippen molar-refractivity contribution in [3.05, 3.63) is 59.7 Å². The fourth-order valence-electron chi connectivity index (χ4n) is 1.92. The number of nitrogens with one attached hydrogen (secondary N) is 1. The van der Waals surface area contributed by atoms with E-state index in [4.69, 9.17) is 4.74 Å². The third-order valence-corrected chi connectivity index (χ3v) is 3.20. The van der Waals surface area contributed by atoms with Crippen LogP contribution >= 0.6 is 0 Å². The van der Waals surface area contributed by atoms with Crippen LogP contribution in [0.15, 0.2) is 48.5 Å². The minimum absolute atomic E-state index is 0.0745. The molecule has 0 saturated heterocycles. The van der Waals surface area contributed by atoms with Gasteiger partial charge in [-0.2, -0.15) is 0 Å². The van der Waals surface area contributed by atoms with Gasteiger partial charge >= 0.3 is 0 Å². The van der Waals surface area contributed by atoms with Crippen LogP contribution in [0.4, 0.5) is 5.69 Å². The molecule has 1 N–H and O–H groups in total. The van der Waals surface area contributed by atoms with Crippen molar-refractivity contribution in [3.8, 4) is 5.75 Å². The molecule has 0 aliphatic carbocycles. The number of rotatable bonds is 6. The van der Waals surface area contributed by atoms with Gasteiger partial charge in [-0.3, -0.25) is 9.59 Å². The van der Waals surface area contributed by atoms with Crippen LogP contribution in [0.3, 0.4) is 0 Å². The number of ether oxygens (including phenoxy) is 1. The van der Waals surface area contributed by atoms with Gasteiger partial charge in [-0.15, -0.1) is 0 Å². The zero-order valence-corrected chi connectivity index (χ0v) is 12.8. The normalized spacial score (nSPS) is 10.1. The zero-order chi connectivity index (χ0) is 15.9. The van der Waals surface area contributed by atoms with E-state index in [-0.39, 0.29) is 18.3 Å². The Morgan fingerprint density at radius 2 is 1.64 bits per heavy atom. The second-order valence-electron chi connectivity index (χ2n) is 5.00. The van der Waals surface area contributed by atoms with Crippen LogP contribution in [0.5, 0.6) is 5.75 Å². The lowest BCUT2D eigenvalue weighted by Crippen LogP contribution is -2.20. The first kappa shape index (κ1) is 15.8. The predicted molar refractivity (Wildman–Crippen MR) is 86.4 cm³/mol. The van der Waals surface area contributed by atoms with Gasteiger partial charge in [0.05, 0.1) is 0 Å². The molecule has 0 aliphatic heterocycles. The molecule has 2 rings (SSSR count). The smallest absolute Gasteiger partial charge is 0.262 e. The molecule has 0 heterocycles. The fraction of sp³-hybridized carbons (Fsp3) is 0.222. The average molecular weight is 297 g/mol. The Morgan fingerprint density at radius 1 is 1.00 bits per heavy atom. The molecule has 0 radical (unpaired) electrons. The molecule has 0 atom stereocenters. The number of ketones is 1. The zero-order valence-electron chi connectivity index (χ0n) is 12.8. The van der Waals surface area contributed by atoms with Gasteiger partial charge in [0.15, 0.2) is 12.4 Å². The molecule has 0 spiro atoms. The van der Waals surface area contributed by atoms with Crippen molar-refractivity contribution in [2.45, 2.75) is 20.3 Å². The lowest BCUT2D eigenvalue weighted by Gasteiger charge is -2.08. The van der Waals surface area contributed by atoms with E-state index < -0.39 is 0 Å². The summed E-state index contributed by atoms with van der Waals surface area (Å²) in [5.41, 5.74) is 2.53. The molecular weight excluding hydrogens is 278 g/mol. The Labute approximate surface area is 130 Å². The Hall–Kier alpha value is -2.62. The molecule has 114 valence electrons. The number of carbonyl (C=O) groups excluding carboxylic acids is 2. The summed E-state index contributed by atoms with van der Waals surface area (Å²) >= 11 is 0. The van der Waals surface area contributed by atoms with Crippen molar-refractivity contribution in [1.29, 1.82) is 0 Å². The van der Waals surface area contributed by atoms with Gasteiger partial charge in [0, 0.05) is 17.7 Å². The van der Waals surface area contributed by atoms with Crippen molar-refractivity contribution in [3.63, 3.8) is 0 Å². The lowest BCUT2D eigenvalue weighted by atomic mass is 10.1. The molecule has 2 aromatic carbocycles. The van der Waals surface area contributed by atoms with Crippen LogP contribution < -0.4 is 10.1 Å². The summed E-state index contributed by atoms with van der Waals surface area (Å²) in [5, 5.41) is 2.76. The fourth-order valence-corrected chi connectivity index (χ4v) is 1.92. The highest BCUT2D eigenvalue weighted by molar-refractivity contribution is 5.96. The number of anilines is 1. The summed E-state index contributed by atoms with van der Waals surface area (Å²) in [6, 6.07) is 14.4. The van der Waals surface area contributed by atoms with Gasteiger partial charge in [0.2, 0.25) is 0 Å². The number of benzene rings is 2. The minimum Gasteiger partial charge on any atom is -0.484 e. The van der Waals surface area contributed by atoms with E-state index in [1.807, 2.05) is 38.1 Å². The Bertz CT molecular complexity index is 645. The first-order chi connectivity index (χ1) is 10.6. The highest BCUT2D eigenvalue weighted by atomic mass is 16.5. The number of amides is 1. The molecular formula is C18H19NO3. The Kier molecular flexibility index (Phi) is 5.31. The van der Waals surface area contributed by atoms with Gasteiger partial charge in [-0.25, -0.2) is 0 Å². The maximum absolute atomic E-state index is 11.8. The lowest BCUT2D eigenvalue weighted by molar-refractivity contribution is -0.118. The van der Waals surface area contributed by atoms with Crippen LogP contribution in [0.1, 0.15) is 29.3 Å². The number of hydrogen-bond acceptors (Lipinski definition) is 3. The SMILES string of the molecule is CCC(=O)c1ccc(OCC(=O)Nc2ccc(C)cc2)cc1. The maximum Gasteiger partial charge on any atom is 0.262 e. The number of aryl methyl sites for hydroxylation is 1. The van der Waals surface area contributed by atoms with Crippen LogP contribution in [0.2, 0.25) is 0 Å². The van der Waals surface area contributed by atoms with E-state index in [0.29, 0.717) is 17.7 Å². The molecule has 0 bridgehead atoms. The summed E-state index contributed by atoms with van der Waals surface area (Å²) in [6.07, 6.45) is 0.471. The largest absolute Gasteiger partial charge is 0.484 e. The maximum atomic E-state index is 11.8. The molecule has 0 aliphatic rings. The second-order valence-corrected chi connectivity index (χ2v) is 5.00. The molecule has 0 unspecified atom stereocenters. The second kappa shape index (κ2) is 7.41. The first-order valence-electron chi connectivity index (χ1n) is 7.21. The molecule has 4 heteroatoms. The van der Waals surface area contributed by atoms with Crippen molar-refractivity contribution >= 4 is 17.4 Å². The summed E-state index contributed by atoms with van der Waals surface area (Å²) in [7, 11) is 0. The molecule has 0 saturated carbocycles. The monoisotopic (exact) mass is 297 g/mol. The number of carbonyl (C=O) groups is 2. The minimum atomic E-state index is -0.224. The number of Topliss-reactive ketones (excluding diaryl/α,β-unsaturated/α-hetero) is 1. The van der Waals surface area contributed by atoms with E-state index in [1.54, 1.807) is 24.3 Å². The molecule has 2 aromatic rings. The van der Waals surface area contributed by atoms with E-state index in [0.717, 1.165) is 11.3 Å². The van der Waals surface area contributed by atoms with Crippen molar-refractivity contribution in [2.75, 3.05) is 11.9 Å². The van der Waals surface area contributed by atoms with Crippen LogP contribution in [-0.4, -0.2) is 18.3 Å². The third kappa shape index (κ3) is 4.45. The van der Waals surface area contributed by atoms with Crippen molar-refractivity contribution < 1.29 is 14.3 Å². The van der Waals surface area contributed by atoms with E-state index in [2.05, 4.69) is 5.32 Å². The van der Waals surface area contributed by atoms with Crippen LogP contribution in [-0.2, 0) is 4.79 Å². The van der Waals surface area contributed by atoms with Crippen LogP contribution in [0, 0.1) is 6.92 Å². The van der Waals surface area contributed by atoms with Gasteiger partial charge in [0.25, 0.3) is 5.91 Å². The molecule has 0 aromatic heterocycles. The van der Waals surface area contributed by atoms with Crippen molar-refractivity contribution in [2.24, 2.45) is 0 Å². The van der Waals surface area contributed by atoms with Crippen molar-refractivity contribution in [1.82, 2.24) is 0 Å². The average Bonchev–Trinajstić information content (AvgIpc) is 2.55. The first-order valence-corrected chi connectivity index (χ1v) is 7.21. The van der Waals surface area contributed by atoms with E-state index in [1.165, 1.54) is 0 Å². The topological polar surface area (TPSA) is 55.4 Å². The van der Waals surface area contributed by atoms with E-state index in [9.17, 15) is 9.59 Å². The highest BCUT2D eigenvalue weighted by Gasteiger charge is 2.05. The number of hydrogen-bond donors (Lipinski definition) is 1. The van der Waals surface area contributed by atoms with E-state index >= 15 is 0 Å². The standard InChI is InChI=1S/C18H19NO3/c1-3-17(20)14-6-10-16(11-7-14)22-12-18(21)19-15-8-4-13(2)5-9-15/h4-11H,3,12H2,1-2H3,(H,19,21). The van der Waals surface area contributed by atoms with Gasteiger partial charge < -0.3 is 10.1 Å². The Balaban J connectivity index is 1.85.